The molecule has 3 aliphatic heterocycles. The Kier molecular flexibility index (Phi) is 12.6. The van der Waals surface area contributed by atoms with Crippen LogP contribution in [0.3, 0.4) is 0 Å². The van der Waals surface area contributed by atoms with Gasteiger partial charge in [0.15, 0.2) is 5.82 Å². The Morgan fingerprint density at radius 3 is 2.51 bits per heavy atom. The Bertz CT molecular complexity index is 2870. The third kappa shape index (κ3) is 8.92. The van der Waals surface area contributed by atoms with Crippen molar-refractivity contribution in [3.05, 3.63) is 117 Å². The van der Waals surface area contributed by atoms with Gasteiger partial charge in [-0.15, -0.1) is 0 Å². The zero-order valence-corrected chi connectivity index (χ0v) is 40.9. The summed E-state index contributed by atoms with van der Waals surface area (Å²) in [5.74, 6) is -0.124. The molecule has 4 aliphatic rings. The Labute approximate surface area is 403 Å². The number of piperidine rings is 1. The van der Waals surface area contributed by atoms with Crippen molar-refractivity contribution in [3.63, 3.8) is 0 Å². The van der Waals surface area contributed by atoms with E-state index in [-0.39, 0.29) is 40.7 Å². The topological polar surface area (TPSA) is 164 Å². The van der Waals surface area contributed by atoms with Crippen LogP contribution in [0.2, 0.25) is 5.02 Å². The zero-order chi connectivity index (χ0) is 48.4. The predicted octanol–water partition coefficient (Wildman–Crippen LogP) is 7.24. The summed E-state index contributed by atoms with van der Waals surface area (Å²) in [7, 11) is 1.64. The van der Waals surface area contributed by atoms with E-state index >= 15 is 0 Å². The number of rotatable bonds is 11. The largest absolute Gasteiger partial charge is 0.392 e. The Morgan fingerprint density at radius 2 is 1.79 bits per heavy atom. The molecule has 3 aromatic heterocycles. The number of nitrogens with one attached hydrogen (secondary N) is 2. The lowest BCUT2D eigenvalue weighted by Crippen LogP contribution is -2.58. The first-order valence-electron chi connectivity index (χ1n) is 23.7. The van der Waals surface area contributed by atoms with Crippen molar-refractivity contribution in [2.24, 2.45) is 12.5 Å². The number of carbonyl (C=O) groups excluding carboxylic acids is 2. The van der Waals surface area contributed by atoms with Crippen LogP contribution in [0.5, 0.6) is 0 Å². The number of fused-ring (bicyclic) bond motifs is 3. The van der Waals surface area contributed by atoms with Gasteiger partial charge in [0.05, 0.1) is 29.3 Å². The van der Waals surface area contributed by atoms with Crippen LogP contribution in [0.25, 0.3) is 11.3 Å². The van der Waals surface area contributed by atoms with E-state index in [0.717, 1.165) is 68.8 Å². The highest BCUT2D eigenvalue weighted by Crippen LogP contribution is 2.41. The third-order valence-corrected chi connectivity index (χ3v) is 14.7. The first kappa shape index (κ1) is 47.1. The zero-order valence-electron chi connectivity index (χ0n) is 40.1. The van der Waals surface area contributed by atoms with E-state index < -0.39 is 12.2 Å². The molecule has 5 aromatic rings. The van der Waals surface area contributed by atoms with Gasteiger partial charge in [-0.25, -0.2) is 9.97 Å². The maximum absolute atomic E-state index is 14.1. The highest BCUT2D eigenvalue weighted by atomic mass is 35.5. The molecule has 2 aromatic carbocycles. The van der Waals surface area contributed by atoms with Crippen LogP contribution in [0.1, 0.15) is 87.3 Å². The van der Waals surface area contributed by atoms with Crippen molar-refractivity contribution >= 4 is 57.8 Å². The van der Waals surface area contributed by atoms with Crippen LogP contribution in [0, 0.1) is 5.41 Å². The number of hydrogen-bond acceptors (Lipinski definition) is 11. The minimum atomic E-state index is -1.04. The predicted molar refractivity (Wildman–Crippen MR) is 269 cm³/mol. The molecule has 3 atom stereocenters. The molecule has 68 heavy (non-hydrogen) atoms. The molecule has 2 fully saturated rings. The second kappa shape index (κ2) is 18.1. The van der Waals surface area contributed by atoms with Gasteiger partial charge in [0.1, 0.15) is 11.5 Å². The minimum absolute atomic E-state index is 0.0429. The fourth-order valence-corrected chi connectivity index (χ4v) is 11.4. The molecule has 4 N–H and O–H groups in total. The molecule has 1 aliphatic carbocycles. The molecule has 6 heterocycles. The summed E-state index contributed by atoms with van der Waals surface area (Å²) in [5, 5.41) is 28.4. The van der Waals surface area contributed by atoms with Crippen LogP contribution < -0.4 is 30.9 Å². The number of halogens is 1. The number of aliphatic hydroxyl groups is 2. The van der Waals surface area contributed by atoms with Crippen LogP contribution in [-0.4, -0.2) is 96.9 Å². The molecule has 9 rings (SSSR count). The lowest BCUT2D eigenvalue weighted by molar-refractivity contribution is -0.111. The number of nitrogens with zero attached hydrogens (tertiary/aromatic N) is 8. The number of benzene rings is 2. The number of pyridine rings is 1. The fraction of sp³-hybridized carbons (Fsp3) is 0.442. The van der Waals surface area contributed by atoms with Gasteiger partial charge in [-0.3, -0.25) is 24.2 Å². The Balaban J connectivity index is 0.922. The number of piperazine rings is 1. The molecule has 2 amide bonds. The second-order valence-corrected chi connectivity index (χ2v) is 20.8. The van der Waals surface area contributed by atoms with Gasteiger partial charge in [-0.2, -0.15) is 0 Å². The molecule has 0 spiro atoms. The molecule has 358 valence electrons. The third-order valence-electron chi connectivity index (χ3n) is 14.4. The Morgan fingerprint density at radius 1 is 1.00 bits per heavy atom. The average Bonchev–Trinajstić information content (AvgIpc) is 3.79. The van der Waals surface area contributed by atoms with Crippen molar-refractivity contribution in [2.45, 2.75) is 104 Å². The van der Waals surface area contributed by atoms with Gasteiger partial charge < -0.3 is 39.8 Å². The molecule has 0 radical (unpaired) electrons. The van der Waals surface area contributed by atoms with Gasteiger partial charge in [0.25, 0.3) is 11.5 Å². The molecular formula is C52H63ClN10O5. The van der Waals surface area contributed by atoms with E-state index in [9.17, 15) is 24.6 Å². The quantitative estimate of drug-likeness (QED) is 0.0988. The number of hydrogen-bond donors (Lipinski definition) is 4. The van der Waals surface area contributed by atoms with Crippen LogP contribution >= 0.6 is 11.6 Å². The van der Waals surface area contributed by atoms with E-state index in [1.54, 1.807) is 50.3 Å². The van der Waals surface area contributed by atoms with Gasteiger partial charge in [-0.05, 0) is 119 Å². The summed E-state index contributed by atoms with van der Waals surface area (Å²) < 4.78 is 3.57. The van der Waals surface area contributed by atoms with Gasteiger partial charge in [-0.1, -0.05) is 32.0 Å². The number of anilines is 6. The standard InChI is InChI=1S/C52H63ClN10O5/c1-9-46(65)56-41-24-34(10-13-43(41)61-19-18-59(28-32(61)3)35-15-17-60(31(2)22-35)36-11-12-40(53)39(25-36)52(6,7)68)55-47-50(67)58(8)29-42(57-47)37-14-16-54-48(38(37)30-64)63-21-20-62-44(49(63)66)23-33-26-51(4,5)27-45(33)62/h9-14,16,23-25,29,31-32,35,64,68H,1,15,17-22,26-28,30H2,2-8H3,(H,55,57)(H,56,65)/t31-,32+,35?/m1/s1. The fourth-order valence-electron chi connectivity index (χ4n) is 11.0. The van der Waals surface area contributed by atoms with E-state index in [1.807, 2.05) is 36.4 Å². The number of aryl methyl sites for hydroxylation is 1. The number of amides is 2. The second-order valence-electron chi connectivity index (χ2n) is 20.4. The summed E-state index contributed by atoms with van der Waals surface area (Å²) in [6.45, 7) is 20.1. The molecule has 0 bridgehead atoms. The van der Waals surface area contributed by atoms with Crippen molar-refractivity contribution in [1.82, 2.24) is 24.0 Å². The first-order chi connectivity index (χ1) is 32.3. The maximum atomic E-state index is 14.1. The molecular weight excluding hydrogens is 880 g/mol. The summed E-state index contributed by atoms with van der Waals surface area (Å²) in [4.78, 5) is 59.0. The SMILES string of the molecule is C=CC(=O)Nc1cc(Nc2nc(-c3ccnc(N4CCn5c(cc6c5CC(C)(C)C6)C4=O)c3CO)cn(C)c2=O)ccc1N1CCN(C2CCN(c3ccc(Cl)c(C(C)(C)O)c3)[C@H](C)C2)C[C@@H]1C. The lowest BCUT2D eigenvalue weighted by atomic mass is 9.90. The van der Waals surface area contributed by atoms with E-state index in [4.69, 9.17) is 16.6 Å². The monoisotopic (exact) mass is 942 g/mol. The summed E-state index contributed by atoms with van der Waals surface area (Å²) in [5.41, 5.74) is 6.95. The van der Waals surface area contributed by atoms with E-state index in [1.165, 1.54) is 21.9 Å². The van der Waals surface area contributed by atoms with Crippen molar-refractivity contribution in [1.29, 1.82) is 0 Å². The molecule has 0 saturated carbocycles. The maximum Gasteiger partial charge on any atom is 0.293 e. The lowest BCUT2D eigenvalue weighted by Gasteiger charge is -2.48. The average molecular weight is 944 g/mol. The Hall–Kier alpha value is -6.00. The minimum Gasteiger partial charge on any atom is -0.392 e. The summed E-state index contributed by atoms with van der Waals surface area (Å²) in [6.07, 6.45) is 8.30. The van der Waals surface area contributed by atoms with Crippen LogP contribution in [-0.2, 0) is 43.4 Å². The molecule has 1 unspecified atom stereocenters. The smallest absolute Gasteiger partial charge is 0.293 e. The number of carbonyl (C=O) groups is 2. The highest BCUT2D eigenvalue weighted by molar-refractivity contribution is 6.31. The van der Waals surface area contributed by atoms with Gasteiger partial charge in [0, 0.05) is 116 Å². The highest BCUT2D eigenvalue weighted by Gasteiger charge is 2.38. The molecule has 15 nitrogen and oxygen atoms in total. The van der Waals surface area contributed by atoms with E-state index in [2.05, 4.69) is 69.2 Å². The van der Waals surface area contributed by atoms with Crippen molar-refractivity contribution in [3.8, 4) is 11.3 Å². The van der Waals surface area contributed by atoms with Gasteiger partial charge >= 0.3 is 0 Å². The first-order valence-corrected chi connectivity index (χ1v) is 24.1. The molecule has 16 heteroatoms. The van der Waals surface area contributed by atoms with Gasteiger partial charge in [0.2, 0.25) is 5.91 Å². The summed E-state index contributed by atoms with van der Waals surface area (Å²) in [6, 6.07) is 16.1. The number of aliphatic hydroxyl groups excluding tert-OH is 1. The number of aromatic nitrogens is 4. The molecule has 2 saturated heterocycles. The van der Waals surface area contributed by atoms with Crippen molar-refractivity contribution < 1.29 is 19.8 Å². The van der Waals surface area contributed by atoms with Crippen molar-refractivity contribution in [2.75, 3.05) is 58.1 Å². The van der Waals surface area contributed by atoms with Crippen LogP contribution in [0.4, 0.5) is 34.4 Å². The summed E-state index contributed by atoms with van der Waals surface area (Å²) >= 11 is 6.48. The normalized spacial score (nSPS) is 20.6. The van der Waals surface area contributed by atoms with E-state index in [0.29, 0.717) is 63.9 Å². The van der Waals surface area contributed by atoms with Crippen LogP contribution in [0.15, 0.2) is 78.4 Å².